The maximum Gasteiger partial charge on any atom is 0.438 e. The molecule has 2 saturated carbocycles. The molecule has 30 heavy (non-hydrogen) atoms. The molecule has 4 atom stereocenters. The molecule has 172 valence electrons. The fourth-order valence-electron chi connectivity index (χ4n) is 4.11. The molecule has 0 amide bonds. The van der Waals surface area contributed by atoms with E-state index in [1.165, 1.54) is 0 Å². The Morgan fingerprint density at radius 1 is 1.03 bits per heavy atom. The monoisotopic (exact) mass is 468 g/mol. The normalized spacial score (nSPS) is 27.0. The van der Waals surface area contributed by atoms with Crippen molar-refractivity contribution >= 4 is 22.1 Å². The van der Waals surface area contributed by atoms with E-state index < -0.39 is 57.6 Å². The quantitative estimate of drug-likeness (QED) is 0.265. The molecule has 2 fully saturated rings. The number of fused-ring (bicyclic) bond motifs is 2. The first-order valence-electron chi connectivity index (χ1n) is 8.61. The highest BCUT2D eigenvalue weighted by Gasteiger charge is 2.76. The molecule has 0 aromatic heterocycles. The Morgan fingerprint density at radius 3 is 2.00 bits per heavy atom. The van der Waals surface area contributed by atoms with Crippen molar-refractivity contribution < 1.29 is 58.4 Å². The summed E-state index contributed by atoms with van der Waals surface area (Å²) >= 11 is 0. The number of carbonyl (C=O) groups is 2. The summed E-state index contributed by atoms with van der Waals surface area (Å²) in [6.07, 6.45) is -11.4. The van der Waals surface area contributed by atoms with Gasteiger partial charge in [0, 0.05) is 6.08 Å². The molecule has 2 aliphatic rings. The summed E-state index contributed by atoms with van der Waals surface area (Å²) in [6.45, 7) is 3.17. The van der Waals surface area contributed by atoms with Crippen LogP contribution in [0.2, 0.25) is 0 Å². The average molecular weight is 468 g/mol. The Hall–Kier alpha value is -1.83. The first kappa shape index (κ1) is 24.4. The predicted molar refractivity (Wildman–Crippen MR) is 86.3 cm³/mol. The van der Waals surface area contributed by atoms with Crippen molar-refractivity contribution in [2.45, 2.75) is 37.2 Å². The van der Waals surface area contributed by atoms with E-state index in [2.05, 4.69) is 11.3 Å². The second-order valence-corrected chi connectivity index (χ2v) is 8.85. The van der Waals surface area contributed by atoms with E-state index in [1.54, 1.807) is 0 Å². The van der Waals surface area contributed by atoms with Gasteiger partial charge in [0.05, 0.1) is 12.5 Å². The van der Waals surface area contributed by atoms with Crippen LogP contribution in [0.25, 0.3) is 0 Å². The fraction of sp³-hybridized carbons (Fsp3) is 0.750. The van der Waals surface area contributed by atoms with E-state index in [-0.39, 0.29) is 31.3 Å². The zero-order chi connectivity index (χ0) is 23.1. The summed E-state index contributed by atoms with van der Waals surface area (Å²) in [6, 6.07) is 0. The summed E-state index contributed by atoms with van der Waals surface area (Å²) in [4.78, 5) is 23.4. The topological polar surface area (TPSA) is 107 Å². The minimum atomic E-state index is -6.35. The van der Waals surface area contributed by atoms with Crippen molar-refractivity contribution in [1.29, 1.82) is 0 Å². The molecule has 0 radical (unpaired) electrons. The molecule has 0 heterocycles. The summed E-state index contributed by atoms with van der Waals surface area (Å²) in [5.74, 6) is -7.89. The van der Waals surface area contributed by atoms with E-state index in [4.69, 9.17) is 9.29 Å². The van der Waals surface area contributed by atoms with Crippen molar-refractivity contribution in [2.24, 2.45) is 23.7 Å². The van der Waals surface area contributed by atoms with Gasteiger partial charge >= 0.3 is 29.9 Å². The maximum absolute atomic E-state index is 13.3. The van der Waals surface area contributed by atoms with Gasteiger partial charge in [-0.1, -0.05) is 6.58 Å². The third kappa shape index (κ3) is 4.90. The maximum atomic E-state index is 13.3. The number of carbonyl (C=O) groups excluding carboxylic acids is 2. The van der Waals surface area contributed by atoms with Gasteiger partial charge in [0.15, 0.2) is 0 Å². The lowest BCUT2D eigenvalue weighted by Gasteiger charge is -2.37. The van der Waals surface area contributed by atoms with Gasteiger partial charge in [0.2, 0.25) is 0 Å². The third-order valence-corrected chi connectivity index (χ3v) is 6.26. The SMILES string of the molecule is C=CC(=O)OCC1CC2CC1CC2C(=O)OC(CS(=O)(=O)O)(C(F)(F)F)C(F)(F)F. The number of halogens is 6. The Balaban J connectivity index is 2.18. The molecule has 0 aromatic rings. The van der Waals surface area contributed by atoms with Crippen LogP contribution in [-0.4, -0.2) is 55.2 Å². The number of hydrogen-bond acceptors (Lipinski definition) is 6. The van der Waals surface area contributed by atoms with Crippen LogP contribution in [-0.2, 0) is 29.2 Å². The van der Waals surface area contributed by atoms with E-state index in [0.29, 0.717) is 6.42 Å². The van der Waals surface area contributed by atoms with Gasteiger partial charge in [0.1, 0.15) is 5.75 Å². The van der Waals surface area contributed by atoms with E-state index in [9.17, 15) is 44.3 Å². The van der Waals surface area contributed by atoms with Crippen LogP contribution in [0.3, 0.4) is 0 Å². The standard InChI is InChI=1S/C16H18F6O7S/c1-2-12(23)28-6-10-4-9-3-8(10)5-11(9)13(24)29-14(15(17,18)19,16(20,21)22)7-30(25,26)27/h2,8-11H,1,3-7H2,(H,25,26,27). The van der Waals surface area contributed by atoms with Crippen LogP contribution in [0.4, 0.5) is 26.3 Å². The Bertz CT molecular complexity index is 790. The minimum Gasteiger partial charge on any atom is -0.462 e. The van der Waals surface area contributed by atoms with Crippen LogP contribution in [0.5, 0.6) is 0 Å². The van der Waals surface area contributed by atoms with Crippen LogP contribution in [0.1, 0.15) is 19.3 Å². The van der Waals surface area contributed by atoms with Crippen LogP contribution in [0, 0.1) is 23.7 Å². The molecule has 2 rings (SSSR count). The van der Waals surface area contributed by atoms with Crippen molar-refractivity contribution in [3.63, 3.8) is 0 Å². The molecule has 2 bridgehead atoms. The van der Waals surface area contributed by atoms with E-state index in [1.807, 2.05) is 0 Å². The summed E-state index contributed by atoms with van der Waals surface area (Å²) in [7, 11) is -5.83. The first-order valence-corrected chi connectivity index (χ1v) is 10.2. The van der Waals surface area contributed by atoms with Crippen molar-refractivity contribution in [3.05, 3.63) is 12.7 Å². The van der Waals surface area contributed by atoms with Gasteiger partial charge < -0.3 is 9.47 Å². The lowest BCUT2D eigenvalue weighted by Crippen LogP contribution is -2.64. The Morgan fingerprint density at radius 2 is 1.60 bits per heavy atom. The molecule has 0 aromatic carbocycles. The Labute approximate surface area is 167 Å². The summed E-state index contributed by atoms with van der Waals surface area (Å²) in [5, 5.41) is 0. The smallest absolute Gasteiger partial charge is 0.438 e. The molecule has 2 aliphatic carbocycles. The second-order valence-electron chi connectivity index (χ2n) is 7.40. The second kappa shape index (κ2) is 8.02. The van der Waals surface area contributed by atoms with E-state index >= 15 is 0 Å². The molecular formula is C16H18F6O7S. The summed E-state index contributed by atoms with van der Waals surface area (Å²) < 4.78 is 119. The fourth-order valence-corrected chi connectivity index (χ4v) is 5.01. The summed E-state index contributed by atoms with van der Waals surface area (Å²) in [5.41, 5.74) is -5.40. The van der Waals surface area contributed by atoms with Crippen LogP contribution < -0.4 is 0 Å². The number of alkyl halides is 6. The largest absolute Gasteiger partial charge is 0.462 e. The molecule has 0 aliphatic heterocycles. The number of esters is 2. The lowest BCUT2D eigenvalue weighted by atomic mass is 9.82. The minimum absolute atomic E-state index is 0.0361. The molecule has 7 nitrogen and oxygen atoms in total. The molecule has 14 heteroatoms. The third-order valence-electron chi connectivity index (χ3n) is 5.49. The first-order chi connectivity index (χ1) is 13.5. The highest BCUT2D eigenvalue weighted by atomic mass is 32.2. The van der Waals surface area contributed by atoms with Gasteiger partial charge in [-0.3, -0.25) is 9.35 Å². The van der Waals surface area contributed by atoms with Gasteiger partial charge in [-0.25, -0.2) is 4.79 Å². The number of hydrogen-bond donors (Lipinski definition) is 1. The Kier molecular flexibility index (Phi) is 6.53. The van der Waals surface area contributed by atoms with Gasteiger partial charge in [-0.05, 0) is 37.0 Å². The van der Waals surface area contributed by atoms with Crippen molar-refractivity contribution in [1.82, 2.24) is 0 Å². The lowest BCUT2D eigenvalue weighted by molar-refractivity contribution is -0.362. The highest BCUT2D eigenvalue weighted by Crippen LogP contribution is 2.54. The molecule has 0 spiro atoms. The molecule has 4 unspecified atom stereocenters. The van der Waals surface area contributed by atoms with Crippen LogP contribution >= 0.6 is 0 Å². The molecule has 0 saturated heterocycles. The van der Waals surface area contributed by atoms with E-state index in [0.717, 1.165) is 6.08 Å². The van der Waals surface area contributed by atoms with Gasteiger partial charge in [0.25, 0.3) is 10.1 Å². The highest BCUT2D eigenvalue weighted by molar-refractivity contribution is 7.85. The van der Waals surface area contributed by atoms with Crippen LogP contribution in [0.15, 0.2) is 12.7 Å². The average Bonchev–Trinajstić information content (AvgIpc) is 3.15. The predicted octanol–water partition coefficient (Wildman–Crippen LogP) is 2.67. The molecule has 1 N–H and O–H groups in total. The van der Waals surface area contributed by atoms with Crippen molar-refractivity contribution in [3.8, 4) is 0 Å². The zero-order valence-electron chi connectivity index (χ0n) is 15.2. The number of ether oxygens (including phenoxy) is 2. The van der Waals surface area contributed by atoms with Crippen molar-refractivity contribution in [2.75, 3.05) is 12.4 Å². The number of rotatable bonds is 7. The van der Waals surface area contributed by atoms with Gasteiger partial charge in [-0.2, -0.15) is 34.8 Å². The van der Waals surface area contributed by atoms with Gasteiger partial charge in [-0.15, -0.1) is 0 Å². The zero-order valence-corrected chi connectivity index (χ0v) is 16.0. The molecular weight excluding hydrogens is 450 g/mol.